The molecule has 0 spiro atoms. The molecule has 1 amide bonds. The highest BCUT2D eigenvalue weighted by atomic mass is 32.2. The number of para-hydroxylation sites is 1. The molecule has 2 aromatic rings. The monoisotopic (exact) mass is 404 g/mol. The lowest BCUT2D eigenvalue weighted by atomic mass is 10.2. The number of sulfonamides is 1. The number of fused-ring (bicyclic) bond motifs is 1. The highest BCUT2D eigenvalue weighted by Gasteiger charge is 2.35. The maximum Gasteiger partial charge on any atom is 0.250 e. The molecule has 0 saturated heterocycles. The number of amides is 1. The summed E-state index contributed by atoms with van der Waals surface area (Å²) in [7, 11) is -0.747. The predicted octanol–water partition coefficient (Wildman–Crippen LogP) is 2.45. The van der Waals surface area contributed by atoms with Crippen molar-refractivity contribution >= 4 is 27.3 Å². The number of anilines is 2. The Hall–Kier alpha value is -2.74. The van der Waals surface area contributed by atoms with E-state index in [9.17, 15) is 13.2 Å². The van der Waals surface area contributed by atoms with Gasteiger partial charge in [-0.05, 0) is 37.1 Å². The molecule has 1 atom stereocenters. The highest BCUT2D eigenvalue weighted by molar-refractivity contribution is 7.92. The molecule has 150 valence electrons. The van der Waals surface area contributed by atoms with Crippen LogP contribution in [0.5, 0.6) is 11.5 Å². The molecule has 1 aliphatic rings. The van der Waals surface area contributed by atoms with Crippen molar-refractivity contribution in [1.82, 2.24) is 0 Å². The summed E-state index contributed by atoms with van der Waals surface area (Å²) < 4.78 is 36.8. The van der Waals surface area contributed by atoms with Crippen LogP contribution in [0.25, 0.3) is 0 Å². The lowest BCUT2D eigenvalue weighted by Gasteiger charge is -2.31. The number of benzene rings is 2. The van der Waals surface area contributed by atoms with Crippen LogP contribution in [0.1, 0.15) is 12.5 Å². The third kappa shape index (κ3) is 3.64. The molecule has 0 bridgehead atoms. The summed E-state index contributed by atoms with van der Waals surface area (Å²) in [4.78, 5) is 14.9. The standard InChI is InChI=1S/C20H24N2O5S/c1-14(20(23)21-12-11-15-7-5-6-8-17(15)21)22(28(4,24)25)16-9-10-18(26-2)19(13-16)27-3/h5-10,13-14H,11-12H2,1-4H3/t14-/m1/s1. The van der Waals surface area contributed by atoms with E-state index in [0.717, 1.165) is 28.2 Å². The first-order chi connectivity index (χ1) is 13.3. The van der Waals surface area contributed by atoms with E-state index in [1.807, 2.05) is 24.3 Å². The Labute approximate surface area is 165 Å². The minimum atomic E-state index is -3.72. The molecular weight excluding hydrogens is 380 g/mol. The van der Waals surface area contributed by atoms with Crippen LogP contribution in [0.2, 0.25) is 0 Å². The molecule has 1 heterocycles. The highest BCUT2D eigenvalue weighted by Crippen LogP contribution is 2.34. The zero-order valence-corrected chi connectivity index (χ0v) is 17.2. The van der Waals surface area contributed by atoms with E-state index in [1.165, 1.54) is 14.2 Å². The number of carbonyl (C=O) groups excluding carboxylic acids is 1. The van der Waals surface area contributed by atoms with Gasteiger partial charge in [-0.3, -0.25) is 9.10 Å². The van der Waals surface area contributed by atoms with Gasteiger partial charge in [0, 0.05) is 18.3 Å². The molecule has 0 aliphatic carbocycles. The molecule has 3 rings (SSSR count). The molecule has 28 heavy (non-hydrogen) atoms. The summed E-state index contributed by atoms with van der Waals surface area (Å²) in [5, 5.41) is 0. The Morgan fingerprint density at radius 3 is 2.43 bits per heavy atom. The van der Waals surface area contributed by atoms with Crippen molar-refractivity contribution in [2.75, 3.05) is 36.2 Å². The number of ether oxygens (including phenoxy) is 2. The van der Waals surface area contributed by atoms with E-state index in [2.05, 4.69) is 0 Å². The van der Waals surface area contributed by atoms with Crippen molar-refractivity contribution < 1.29 is 22.7 Å². The van der Waals surface area contributed by atoms with Crippen molar-refractivity contribution in [2.45, 2.75) is 19.4 Å². The Balaban J connectivity index is 1.98. The molecule has 2 aromatic carbocycles. The SMILES string of the molecule is COc1ccc(N([C@H](C)C(=O)N2CCc3ccccc32)S(C)(=O)=O)cc1OC. The Kier molecular flexibility index (Phi) is 5.51. The van der Waals surface area contributed by atoms with Gasteiger partial charge in [-0.25, -0.2) is 8.42 Å². The Morgan fingerprint density at radius 1 is 1.11 bits per heavy atom. The smallest absolute Gasteiger partial charge is 0.250 e. The van der Waals surface area contributed by atoms with Crippen molar-refractivity contribution in [3.8, 4) is 11.5 Å². The van der Waals surface area contributed by atoms with Crippen LogP contribution in [0.4, 0.5) is 11.4 Å². The second kappa shape index (κ2) is 7.71. The van der Waals surface area contributed by atoms with Crippen LogP contribution >= 0.6 is 0 Å². The predicted molar refractivity (Wildman–Crippen MR) is 109 cm³/mol. The summed E-state index contributed by atoms with van der Waals surface area (Å²) in [5.74, 6) is 0.595. The fourth-order valence-corrected chi connectivity index (χ4v) is 4.72. The maximum absolute atomic E-state index is 13.2. The van der Waals surface area contributed by atoms with Crippen LogP contribution < -0.4 is 18.7 Å². The molecule has 0 radical (unpaired) electrons. The van der Waals surface area contributed by atoms with Crippen LogP contribution in [0.15, 0.2) is 42.5 Å². The van der Waals surface area contributed by atoms with Crippen molar-refractivity contribution in [1.29, 1.82) is 0 Å². The lowest BCUT2D eigenvalue weighted by molar-refractivity contribution is -0.119. The van der Waals surface area contributed by atoms with Gasteiger partial charge in [0.15, 0.2) is 11.5 Å². The largest absolute Gasteiger partial charge is 0.493 e. The van der Waals surface area contributed by atoms with Crippen LogP contribution in [0.3, 0.4) is 0 Å². The third-order valence-electron chi connectivity index (χ3n) is 4.84. The first-order valence-corrected chi connectivity index (χ1v) is 10.7. The van der Waals surface area contributed by atoms with Crippen molar-refractivity contribution in [2.24, 2.45) is 0 Å². The quantitative estimate of drug-likeness (QED) is 0.739. The van der Waals surface area contributed by atoms with Crippen molar-refractivity contribution in [3.05, 3.63) is 48.0 Å². The summed E-state index contributed by atoms with van der Waals surface area (Å²) in [6.07, 6.45) is 1.84. The van der Waals surface area contributed by atoms with Gasteiger partial charge >= 0.3 is 0 Å². The van der Waals surface area contributed by atoms with Crippen molar-refractivity contribution in [3.63, 3.8) is 0 Å². The number of carbonyl (C=O) groups is 1. The van der Waals surface area contributed by atoms with E-state index in [1.54, 1.807) is 30.0 Å². The fraction of sp³-hybridized carbons (Fsp3) is 0.350. The number of nitrogens with zero attached hydrogens (tertiary/aromatic N) is 2. The molecule has 0 saturated carbocycles. The molecule has 8 heteroatoms. The number of rotatable bonds is 6. The molecule has 7 nitrogen and oxygen atoms in total. The first kappa shape index (κ1) is 20.0. The normalized spacial score (nSPS) is 14.4. The average molecular weight is 404 g/mol. The zero-order valence-electron chi connectivity index (χ0n) is 16.4. The fourth-order valence-electron chi connectivity index (χ4n) is 3.56. The van der Waals surface area contributed by atoms with Gasteiger partial charge in [0.2, 0.25) is 10.0 Å². The second-order valence-corrected chi connectivity index (χ2v) is 8.50. The molecule has 0 unspecified atom stereocenters. The van der Waals surface area contributed by atoms with E-state index < -0.39 is 16.1 Å². The van der Waals surface area contributed by atoms with E-state index in [-0.39, 0.29) is 5.91 Å². The second-order valence-electron chi connectivity index (χ2n) is 6.64. The molecule has 0 N–H and O–H groups in total. The summed E-state index contributed by atoms with van der Waals surface area (Å²) in [6, 6.07) is 11.5. The minimum Gasteiger partial charge on any atom is -0.493 e. The number of methoxy groups -OCH3 is 2. The van der Waals surface area contributed by atoms with Crippen LogP contribution in [0, 0.1) is 0 Å². The third-order valence-corrected chi connectivity index (χ3v) is 6.08. The first-order valence-electron chi connectivity index (χ1n) is 8.88. The molecule has 0 fully saturated rings. The van der Waals surface area contributed by atoms with E-state index >= 15 is 0 Å². The van der Waals surface area contributed by atoms with Gasteiger partial charge < -0.3 is 14.4 Å². The van der Waals surface area contributed by atoms with Gasteiger partial charge in [-0.2, -0.15) is 0 Å². The van der Waals surface area contributed by atoms with E-state index in [0.29, 0.717) is 23.7 Å². The summed E-state index contributed by atoms with van der Waals surface area (Å²) >= 11 is 0. The maximum atomic E-state index is 13.2. The molecule has 0 aromatic heterocycles. The number of hydrogen-bond donors (Lipinski definition) is 0. The van der Waals surface area contributed by atoms with Gasteiger partial charge in [-0.15, -0.1) is 0 Å². The van der Waals surface area contributed by atoms with Gasteiger partial charge in [0.05, 0.1) is 26.2 Å². The van der Waals surface area contributed by atoms with Gasteiger partial charge in [0.25, 0.3) is 5.91 Å². The Bertz CT molecular complexity index is 990. The topological polar surface area (TPSA) is 76.2 Å². The van der Waals surface area contributed by atoms with E-state index in [4.69, 9.17) is 9.47 Å². The summed E-state index contributed by atoms with van der Waals surface area (Å²) in [6.45, 7) is 2.13. The Morgan fingerprint density at radius 2 is 1.79 bits per heavy atom. The average Bonchev–Trinajstić information content (AvgIpc) is 3.10. The summed E-state index contributed by atoms with van der Waals surface area (Å²) in [5.41, 5.74) is 2.26. The van der Waals surface area contributed by atoms with Gasteiger partial charge in [-0.1, -0.05) is 18.2 Å². The lowest BCUT2D eigenvalue weighted by Crippen LogP contribution is -2.49. The molecule has 1 aliphatic heterocycles. The number of hydrogen-bond acceptors (Lipinski definition) is 5. The van der Waals surface area contributed by atoms with Gasteiger partial charge in [0.1, 0.15) is 6.04 Å². The van der Waals surface area contributed by atoms with Crippen LogP contribution in [-0.4, -0.2) is 47.4 Å². The molecular formula is C20H24N2O5S. The van der Waals surface area contributed by atoms with Crippen LogP contribution in [-0.2, 0) is 21.2 Å². The zero-order chi connectivity index (χ0) is 20.5. The minimum absolute atomic E-state index is 0.273.